The zero-order valence-electron chi connectivity index (χ0n) is 10.8. The first-order valence-electron chi connectivity index (χ1n) is 6.73. The largest absolute Gasteiger partial charge is 0.348 e. The third kappa shape index (κ3) is 2.48. The molecule has 0 unspecified atom stereocenters. The van der Waals surface area contributed by atoms with Crippen molar-refractivity contribution in [2.45, 2.75) is 38.9 Å². The molecule has 1 fully saturated rings. The highest BCUT2D eigenvalue weighted by Crippen LogP contribution is 2.35. The van der Waals surface area contributed by atoms with Crippen LogP contribution < -0.4 is 5.32 Å². The first-order chi connectivity index (χ1) is 8.86. The molecular formula is C14H20N4. The van der Waals surface area contributed by atoms with Crippen molar-refractivity contribution >= 4 is 0 Å². The lowest BCUT2D eigenvalue weighted by Gasteiger charge is -2.07. The second-order valence-electron chi connectivity index (χ2n) is 5.00. The first-order valence-corrected chi connectivity index (χ1v) is 6.73. The normalized spacial score (nSPS) is 15.2. The van der Waals surface area contributed by atoms with Gasteiger partial charge in [0.1, 0.15) is 0 Å². The maximum absolute atomic E-state index is 4.27. The Labute approximate surface area is 108 Å². The van der Waals surface area contributed by atoms with Crippen LogP contribution in [-0.2, 0) is 13.1 Å². The van der Waals surface area contributed by atoms with Gasteiger partial charge in [-0.1, -0.05) is 6.92 Å². The van der Waals surface area contributed by atoms with Crippen LogP contribution in [0.1, 0.15) is 37.1 Å². The molecule has 0 spiro atoms. The van der Waals surface area contributed by atoms with Gasteiger partial charge in [0.05, 0.1) is 18.6 Å². The van der Waals surface area contributed by atoms with E-state index in [4.69, 9.17) is 0 Å². The Morgan fingerprint density at radius 3 is 3.11 bits per heavy atom. The van der Waals surface area contributed by atoms with E-state index >= 15 is 0 Å². The number of aromatic nitrogens is 3. The minimum atomic E-state index is 0.708. The van der Waals surface area contributed by atoms with Crippen molar-refractivity contribution in [3.63, 3.8) is 0 Å². The van der Waals surface area contributed by atoms with E-state index in [2.05, 4.69) is 44.8 Å². The van der Waals surface area contributed by atoms with Crippen molar-refractivity contribution in [1.29, 1.82) is 0 Å². The highest BCUT2D eigenvalue weighted by molar-refractivity contribution is 5.12. The van der Waals surface area contributed by atoms with Crippen LogP contribution in [0.3, 0.4) is 0 Å². The molecule has 2 aromatic rings. The molecule has 18 heavy (non-hydrogen) atoms. The summed E-state index contributed by atoms with van der Waals surface area (Å²) < 4.78 is 4.56. The maximum atomic E-state index is 4.27. The Balaban J connectivity index is 1.67. The van der Waals surface area contributed by atoms with Gasteiger partial charge in [0.2, 0.25) is 0 Å². The van der Waals surface area contributed by atoms with Crippen LogP contribution in [0.25, 0.3) is 0 Å². The lowest BCUT2D eigenvalue weighted by molar-refractivity contribution is 0.655. The van der Waals surface area contributed by atoms with Crippen LogP contribution in [-0.4, -0.2) is 20.7 Å². The summed E-state index contributed by atoms with van der Waals surface area (Å²) in [6.45, 7) is 5.01. The van der Waals surface area contributed by atoms with E-state index in [1.54, 1.807) is 0 Å². The number of hydrogen-bond donors (Lipinski definition) is 1. The predicted octanol–water partition coefficient (Wildman–Crippen LogP) is 2.18. The molecule has 2 heterocycles. The molecule has 0 bridgehead atoms. The molecule has 96 valence electrons. The molecule has 3 rings (SSSR count). The molecule has 0 aliphatic heterocycles. The molecule has 1 aliphatic rings. The fourth-order valence-electron chi connectivity index (χ4n) is 2.29. The van der Waals surface area contributed by atoms with E-state index in [0.717, 1.165) is 19.6 Å². The van der Waals surface area contributed by atoms with Crippen molar-refractivity contribution in [2.24, 2.45) is 0 Å². The Kier molecular flexibility index (Phi) is 3.19. The minimum Gasteiger partial charge on any atom is -0.348 e. The van der Waals surface area contributed by atoms with E-state index in [-0.39, 0.29) is 0 Å². The summed E-state index contributed by atoms with van der Waals surface area (Å²) in [5.41, 5.74) is 2.65. The molecule has 0 amide bonds. The summed E-state index contributed by atoms with van der Waals surface area (Å²) >= 11 is 0. The fourth-order valence-corrected chi connectivity index (χ4v) is 2.29. The van der Waals surface area contributed by atoms with Gasteiger partial charge in [0, 0.05) is 31.2 Å². The van der Waals surface area contributed by atoms with Crippen LogP contribution >= 0.6 is 0 Å². The molecule has 1 saturated carbocycles. The highest BCUT2D eigenvalue weighted by atomic mass is 15.1. The van der Waals surface area contributed by atoms with Gasteiger partial charge in [-0.3, -0.25) is 0 Å². The van der Waals surface area contributed by atoms with Crippen LogP contribution in [0.2, 0.25) is 0 Å². The van der Waals surface area contributed by atoms with Gasteiger partial charge in [-0.05, 0) is 31.0 Å². The number of nitrogens with zero attached hydrogens (tertiary/aromatic N) is 3. The summed E-state index contributed by atoms with van der Waals surface area (Å²) in [5, 5.41) is 3.35. The molecule has 4 nitrogen and oxygen atoms in total. The monoisotopic (exact) mass is 244 g/mol. The van der Waals surface area contributed by atoms with Gasteiger partial charge < -0.3 is 14.5 Å². The Morgan fingerprint density at radius 1 is 1.44 bits per heavy atom. The number of hydrogen-bond acceptors (Lipinski definition) is 2. The highest BCUT2D eigenvalue weighted by Gasteiger charge is 2.25. The summed E-state index contributed by atoms with van der Waals surface area (Å²) in [5.74, 6) is 0. The van der Waals surface area contributed by atoms with Gasteiger partial charge >= 0.3 is 0 Å². The van der Waals surface area contributed by atoms with Crippen LogP contribution in [0.5, 0.6) is 0 Å². The Morgan fingerprint density at radius 2 is 2.33 bits per heavy atom. The summed E-state index contributed by atoms with van der Waals surface area (Å²) in [7, 11) is 0. The molecular weight excluding hydrogens is 224 g/mol. The number of rotatable bonds is 6. The summed E-state index contributed by atoms with van der Waals surface area (Å²) in [6.07, 6.45) is 10.9. The summed E-state index contributed by atoms with van der Waals surface area (Å²) in [6, 6.07) is 2.89. The molecule has 2 aromatic heterocycles. The van der Waals surface area contributed by atoms with Crippen molar-refractivity contribution < 1.29 is 0 Å². The third-order valence-electron chi connectivity index (χ3n) is 3.42. The zero-order valence-corrected chi connectivity index (χ0v) is 10.8. The van der Waals surface area contributed by atoms with Crippen LogP contribution in [0.15, 0.2) is 31.0 Å². The lowest BCUT2D eigenvalue weighted by atomic mass is 10.3. The predicted molar refractivity (Wildman–Crippen MR) is 71.4 cm³/mol. The van der Waals surface area contributed by atoms with E-state index in [1.807, 2.05) is 12.5 Å². The van der Waals surface area contributed by atoms with Gasteiger partial charge in [-0.2, -0.15) is 0 Å². The Bertz CT molecular complexity index is 507. The van der Waals surface area contributed by atoms with Gasteiger partial charge in [-0.25, -0.2) is 4.98 Å². The SMILES string of the molecule is CCNCc1ccn(Cc2cncn2C2CC2)c1. The van der Waals surface area contributed by atoms with Gasteiger partial charge in [0.25, 0.3) is 0 Å². The summed E-state index contributed by atoms with van der Waals surface area (Å²) in [4.78, 5) is 4.27. The maximum Gasteiger partial charge on any atom is 0.0951 e. The third-order valence-corrected chi connectivity index (χ3v) is 3.42. The molecule has 0 saturated heterocycles. The second kappa shape index (κ2) is 4.98. The van der Waals surface area contributed by atoms with Crippen molar-refractivity contribution in [3.05, 3.63) is 42.2 Å². The molecule has 1 N–H and O–H groups in total. The molecule has 4 heteroatoms. The van der Waals surface area contributed by atoms with Crippen LogP contribution in [0, 0.1) is 0 Å². The lowest BCUT2D eigenvalue weighted by Crippen LogP contribution is -2.11. The smallest absolute Gasteiger partial charge is 0.0951 e. The molecule has 0 atom stereocenters. The van der Waals surface area contributed by atoms with E-state index in [9.17, 15) is 0 Å². The molecule has 1 aliphatic carbocycles. The average molecular weight is 244 g/mol. The van der Waals surface area contributed by atoms with E-state index < -0.39 is 0 Å². The number of nitrogens with one attached hydrogen (secondary N) is 1. The van der Waals surface area contributed by atoms with E-state index in [0.29, 0.717) is 6.04 Å². The average Bonchev–Trinajstić information content (AvgIpc) is 2.96. The quantitative estimate of drug-likeness (QED) is 0.845. The molecule has 0 radical (unpaired) electrons. The van der Waals surface area contributed by atoms with Crippen LogP contribution in [0.4, 0.5) is 0 Å². The van der Waals surface area contributed by atoms with E-state index in [1.165, 1.54) is 24.1 Å². The van der Waals surface area contributed by atoms with Gasteiger partial charge in [0.15, 0.2) is 0 Å². The fraction of sp³-hybridized carbons (Fsp3) is 0.500. The molecule has 0 aromatic carbocycles. The topological polar surface area (TPSA) is 34.8 Å². The minimum absolute atomic E-state index is 0.708. The second-order valence-corrected chi connectivity index (χ2v) is 5.00. The first kappa shape index (κ1) is 11.5. The number of imidazole rings is 1. The van der Waals surface area contributed by atoms with Gasteiger partial charge in [-0.15, -0.1) is 0 Å². The van der Waals surface area contributed by atoms with Crippen molar-refractivity contribution in [3.8, 4) is 0 Å². The Hall–Kier alpha value is -1.55. The zero-order chi connectivity index (χ0) is 12.4. The van der Waals surface area contributed by atoms with Crippen molar-refractivity contribution in [1.82, 2.24) is 19.4 Å². The van der Waals surface area contributed by atoms with Crippen molar-refractivity contribution in [2.75, 3.05) is 6.54 Å². The standard InChI is InChI=1S/C14H20N4/c1-2-15-7-12-5-6-17(9-12)10-14-8-16-11-18(14)13-3-4-13/h5-6,8-9,11,13,15H,2-4,7,10H2,1H3.